The predicted molar refractivity (Wildman–Crippen MR) is 67.2 cm³/mol. The summed E-state index contributed by atoms with van der Waals surface area (Å²) >= 11 is 0. The van der Waals surface area contributed by atoms with Gasteiger partial charge in [0.15, 0.2) is 0 Å². The Morgan fingerprint density at radius 2 is 1.94 bits per heavy atom. The summed E-state index contributed by atoms with van der Waals surface area (Å²) in [6.45, 7) is 5.41. The van der Waals surface area contributed by atoms with Crippen LogP contribution in [0, 0.1) is 0 Å². The molecule has 0 saturated carbocycles. The van der Waals surface area contributed by atoms with Crippen molar-refractivity contribution in [1.82, 2.24) is 5.32 Å². The Morgan fingerprint density at radius 1 is 1.24 bits per heavy atom. The Balaban J connectivity index is 2.13. The standard InChI is InChI=1S/C13H18N2O2/c1-10-8-15(12-6-4-3-5-7-12)9-11(2)17-13(16)14-10/h3-7,10-11H,8-9H2,1-2H3,(H,14,16)/t10-,11-/m0/s1. The molecule has 1 aromatic rings. The Morgan fingerprint density at radius 3 is 2.65 bits per heavy atom. The first kappa shape index (κ1) is 11.8. The summed E-state index contributed by atoms with van der Waals surface area (Å²) in [4.78, 5) is 13.6. The van der Waals surface area contributed by atoms with Crippen LogP contribution in [-0.4, -0.2) is 31.3 Å². The smallest absolute Gasteiger partial charge is 0.407 e. The third kappa shape index (κ3) is 3.12. The summed E-state index contributed by atoms with van der Waals surface area (Å²) in [5, 5.41) is 2.81. The van der Waals surface area contributed by atoms with Gasteiger partial charge >= 0.3 is 6.09 Å². The molecular formula is C13H18N2O2. The molecule has 4 nitrogen and oxygen atoms in total. The summed E-state index contributed by atoms with van der Waals surface area (Å²) < 4.78 is 5.22. The summed E-state index contributed by atoms with van der Waals surface area (Å²) in [6, 6.07) is 10.3. The van der Waals surface area contributed by atoms with Gasteiger partial charge in [0, 0.05) is 18.3 Å². The lowest BCUT2D eigenvalue weighted by Gasteiger charge is -2.33. The van der Waals surface area contributed by atoms with Crippen LogP contribution in [0.15, 0.2) is 30.3 Å². The number of carbonyl (C=O) groups excluding carboxylic acids is 1. The van der Waals surface area contributed by atoms with Crippen molar-refractivity contribution < 1.29 is 9.53 Å². The molecule has 17 heavy (non-hydrogen) atoms. The van der Waals surface area contributed by atoms with E-state index in [2.05, 4.69) is 22.3 Å². The van der Waals surface area contributed by atoms with Crippen molar-refractivity contribution in [1.29, 1.82) is 0 Å². The molecule has 0 unspecified atom stereocenters. The maximum Gasteiger partial charge on any atom is 0.407 e. The number of benzene rings is 1. The van der Waals surface area contributed by atoms with Crippen LogP contribution in [-0.2, 0) is 4.74 Å². The highest BCUT2D eigenvalue weighted by atomic mass is 16.6. The zero-order valence-electron chi connectivity index (χ0n) is 10.2. The van der Waals surface area contributed by atoms with Gasteiger partial charge in [0.1, 0.15) is 6.10 Å². The number of para-hydroxylation sites is 1. The van der Waals surface area contributed by atoms with E-state index in [4.69, 9.17) is 4.74 Å². The number of hydrogen-bond donors (Lipinski definition) is 1. The molecule has 1 aromatic carbocycles. The molecular weight excluding hydrogens is 216 g/mol. The molecule has 0 aliphatic carbocycles. The minimum Gasteiger partial charge on any atom is -0.445 e. The van der Waals surface area contributed by atoms with Gasteiger partial charge in [0.05, 0.1) is 6.54 Å². The van der Waals surface area contributed by atoms with Crippen molar-refractivity contribution in [2.24, 2.45) is 0 Å². The molecule has 1 aliphatic rings. The van der Waals surface area contributed by atoms with Gasteiger partial charge in [-0.2, -0.15) is 0 Å². The van der Waals surface area contributed by atoms with E-state index in [0.717, 1.165) is 18.8 Å². The molecule has 0 aromatic heterocycles. The minimum absolute atomic E-state index is 0.0789. The zero-order chi connectivity index (χ0) is 12.3. The average Bonchev–Trinajstić information content (AvgIpc) is 2.27. The number of nitrogens with zero attached hydrogens (tertiary/aromatic N) is 1. The van der Waals surface area contributed by atoms with Crippen molar-refractivity contribution in [2.45, 2.75) is 26.0 Å². The fraction of sp³-hybridized carbons (Fsp3) is 0.462. The number of alkyl carbamates (subject to hydrolysis) is 1. The molecule has 92 valence electrons. The number of amides is 1. The molecule has 1 amide bonds. The lowest BCUT2D eigenvalue weighted by molar-refractivity contribution is 0.101. The van der Waals surface area contributed by atoms with Crippen LogP contribution in [0.1, 0.15) is 13.8 Å². The second-order valence-electron chi connectivity index (χ2n) is 4.50. The van der Waals surface area contributed by atoms with E-state index in [1.54, 1.807) is 0 Å². The van der Waals surface area contributed by atoms with Crippen LogP contribution >= 0.6 is 0 Å². The summed E-state index contributed by atoms with van der Waals surface area (Å²) in [6.07, 6.45) is -0.430. The Labute approximate surface area is 102 Å². The topological polar surface area (TPSA) is 41.6 Å². The molecule has 1 N–H and O–H groups in total. The molecule has 0 radical (unpaired) electrons. The normalized spacial score (nSPS) is 25.5. The van der Waals surface area contributed by atoms with Gasteiger partial charge in [0.25, 0.3) is 0 Å². The number of rotatable bonds is 1. The van der Waals surface area contributed by atoms with Crippen molar-refractivity contribution in [2.75, 3.05) is 18.0 Å². The second kappa shape index (κ2) is 5.08. The van der Waals surface area contributed by atoms with Crippen LogP contribution < -0.4 is 10.2 Å². The summed E-state index contributed by atoms with van der Waals surface area (Å²) in [5.41, 5.74) is 1.16. The first-order chi connectivity index (χ1) is 8.15. The van der Waals surface area contributed by atoms with Crippen LogP contribution in [0.2, 0.25) is 0 Å². The monoisotopic (exact) mass is 234 g/mol. The predicted octanol–water partition coefficient (Wildman–Crippen LogP) is 2.01. The lowest BCUT2D eigenvalue weighted by atomic mass is 10.2. The van der Waals surface area contributed by atoms with Crippen molar-refractivity contribution >= 4 is 11.8 Å². The van der Waals surface area contributed by atoms with E-state index in [1.807, 2.05) is 32.0 Å². The Kier molecular flexibility index (Phi) is 3.52. The maximum absolute atomic E-state index is 11.3. The van der Waals surface area contributed by atoms with Gasteiger partial charge in [-0.1, -0.05) is 18.2 Å². The molecule has 1 fully saturated rings. The summed E-state index contributed by atoms with van der Waals surface area (Å²) in [5.74, 6) is 0. The highest BCUT2D eigenvalue weighted by molar-refractivity contribution is 5.68. The minimum atomic E-state index is -0.322. The Hall–Kier alpha value is -1.71. The SMILES string of the molecule is C[C@H]1CN(c2ccccc2)C[C@H](C)OC(=O)N1. The molecule has 1 heterocycles. The number of ether oxygens (including phenoxy) is 1. The first-order valence-electron chi connectivity index (χ1n) is 5.92. The molecule has 0 spiro atoms. The van der Waals surface area contributed by atoms with Gasteiger partial charge < -0.3 is 15.0 Å². The molecule has 1 aliphatic heterocycles. The van der Waals surface area contributed by atoms with E-state index < -0.39 is 0 Å². The third-order valence-corrected chi connectivity index (χ3v) is 2.77. The van der Waals surface area contributed by atoms with E-state index in [1.165, 1.54) is 0 Å². The molecule has 2 atom stereocenters. The van der Waals surface area contributed by atoms with Gasteiger partial charge in [-0.05, 0) is 26.0 Å². The van der Waals surface area contributed by atoms with E-state index >= 15 is 0 Å². The van der Waals surface area contributed by atoms with Gasteiger partial charge in [-0.3, -0.25) is 0 Å². The van der Waals surface area contributed by atoms with Crippen LogP contribution in [0.25, 0.3) is 0 Å². The maximum atomic E-state index is 11.3. The van der Waals surface area contributed by atoms with E-state index in [9.17, 15) is 4.79 Å². The molecule has 2 rings (SSSR count). The number of carbonyl (C=O) groups is 1. The third-order valence-electron chi connectivity index (χ3n) is 2.77. The zero-order valence-corrected chi connectivity index (χ0v) is 10.2. The summed E-state index contributed by atoms with van der Waals surface area (Å²) in [7, 11) is 0. The quantitative estimate of drug-likeness (QED) is 0.808. The average molecular weight is 234 g/mol. The molecule has 1 saturated heterocycles. The fourth-order valence-electron chi connectivity index (χ4n) is 2.07. The fourth-order valence-corrected chi connectivity index (χ4v) is 2.07. The second-order valence-corrected chi connectivity index (χ2v) is 4.50. The van der Waals surface area contributed by atoms with E-state index in [0.29, 0.717) is 0 Å². The molecule has 0 bridgehead atoms. The highest BCUT2D eigenvalue weighted by Gasteiger charge is 2.21. The number of cyclic esters (lactones) is 1. The van der Waals surface area contributed by atoms with E-state index in [-0.39, 0.29) is 18.2 Å². The Bertz CT molecular complexity index is 364. The van der Waals surface area contributed by atoms with Crippen LogP contribution in [0.3, 0.4) is 0 Å². The van der Waals surface area contributed by atoms with Crippen molar-refractivity contribution in [3.63, 3.8) is 0 Å². The van der Waals surface area contributed by atoms with Crippen molar-refractivity contribution in [3.05, 3.63) is 30.3 Å². The van der Waals surface area contributed by atoms with Crippen LogP contribution in [0.4, 0.5) is 10.5 Å². The number of nitrogens with one attached hydrogen (secondary N) is 1. The highest BCUT2D eigenvalue weighted by Crippen LogP contribution is 2.16. The van der Waals surface area contributed by atoms with Gasteiger partial charge in [0.2, 0.25) is 0 Å². The molecule has 4 heteroatoms. The van der Waals surface area contributed by atoms with Gasteiger partial charge in [-0.15, -0.1) is 0 Å². The number of hydrogen-bond acceptors (Lipinski definition) is 3. The largest absolute Gasteiger partial charge is 0.445 e. The first-order valence-corrected chi connectivity index (χ1v) is 5.92. The van der Waals surface area contributed by atoms with Gasteiger partial charge in [-0.25, -0.2) is 4.79 Å². The lowest BCUT2D eigenvalue weighted by Crippen LogP contribution is -2.49. The van der Waals surface area contributed by atoms with Crippen molar-refractivity contribution in [3.8, 4) is 0 Å². The number of anilines is 1. The van der Waals surface area contributed by atoms with Crippen LogP contribution in [0.5, 0.6) is 0 Å².